The van der Waals surface area contributed by atoms with Gasteiger partial charge in [-0.25, -0.2) is 4.98 Å². The summed E-state index contributed by atoms with van der Waals surface area (Å²) in [6, 6.07) is 0.422. The van der Waals surface area contributed by atoms with Crippen LogP contribution < -0.4 is 5.32 Å². The Bertz CT molecular complexity index is 291. The van der Waals surface area contributed by atoms with Crippen LogP contribution in [0.25, 0.3) is 0 Å². The summed E-state index contributed by atoms with van der Waals surface area (Å²) in [5.41, 5.74) is 1.09. The standard InChI is InChI=1S/C11H22N4/c1-8(2)10(7-15(4)5)14-11-12-6-9(3)13-11/h6,8,10H,7H2,1-5H3,(H2,12,13,14). The van der Waals surface area contributed by atoms with Crippen molar-refractivity contribution in [1.29, 1.82) is 0 Å². The molecule has 0 spiro atoms. The van der Waals surface area contributed by atoms with E-state index in [1.54, 1.807) is 0 Å². The average Bonchev–Trinajstić information content (AvgIpc) is 2.49. The lowest BCUT2D eigenvalue weighted by Gasteiger charge is -2.25. The van der Waals surface area contributed by atoms with E-state index in [4.69, 9.17) is 0 Å². The largest absolute Gasteiger partial charge is 0.352 e. The van der Waals surface area contributed by atoms with Crippen LogP contribution in [0, 0.1) is 12.8 Å². The minimum Gasteiger partial charge on any atom is -0.352 e. The van der Waals surface area contributed by atoms with Gasteiger partial charge < -0.3 is 15.2 Å². The van der Waals surface area contributed by atoms with Crippen molar-refractivity contribution < 1.29 is 0 Å². The normalized spacial score (nSPS) is 13.5. The molecule has 4 nitrogen and oxygen atoms in total. The number of nitrogens with zero attached hydrogens (tertiary/aromatic N) is 2. The highest BCUT2D eigenvalue weighted by atomic mass is 15.2. The molecule has 0 aliphatic rings. The van der Waals surface area contributed by atoms with Gasteiger partial charge in [-0.2, -0.15) is 0 Å². The number of aryl methyl sites for hydroxylation is 1. The third kappa shape index (κ3) is 3.91. The third-order valence-electron chi connectivity index (χ3n) is 2.39. The minimum atomic E-state index is 0.422. The van der Waals surface area contributed by atoms with Crippen molar-refractivity contribution in [2.24, 2.45) is 5.92 Å². The molecule has 0 aliphatic heterocycles. The van der Waals surface area contributed by atoms with E-state index < -0.39 is 0 Å². The van der Waals surface area contributed by atoms with E-state index in [1.807, 2.05) is 13.1 Å². The van der Waals surface area contributed by atoms with E-state index in [9.17, 15) is 0 Å². The Morgan fingerprint density at radius 2 is 2.13 bits per heavy atom. The Hall–Kier alpha value is -1.03. The predicted octanol–water partition coefficient (Wildman–Crippen LogP) is 1.72. The van der Waals surface area contributed by atoms with Crippen molar-refractivity contribution >= 4 is 5.95 Å². The van der Waals surface area contributed by atoms with Crippen molar-refractivity contribution in [3.05, 3.63) is 11.9 Å². The summed E-state index contributed by atoms with van der Waals surface area (Å²) >= 11 is 0. The van der Waals surface area contributed by atoms with E-state index in [1.165, 1.54) is 0 Å². The number of likely N-dealkylation sites (N-methyl/N-ethyl adjacent to an activating group) is 1. The Morgan fingerprint density at radius 3 is 2.53 bits per heavy atom. The zero-order chi connectivity index (χ0) is 11.4. The second-order valence-electron chi connectivity index (χ2n) is 4.67. The SMILES string of the molecule is Cc1cnc(NC(CN(C)C)C(C)C)[nH]1. The molecule has 1 atom stereocenters. The number of nitrogens with one attached hydrogen (secondary N) is 2. The molecule has 0 saturated heterocycles. The number of H-pyrrole nitrogens is 1. The van der Waals surface area contributed by atoms with Crippen LogP contribution in [-0.2, 0) is 0 Å². The van der Waals surface area contributed by atoms with Gasteiger partial charge in [0.1, 0.15) is 0 Å². The molecule has 15 heavy (non-hydrogen) atoms. The number of aromatic nitrogens is 2. The van der Waals surface area contributed by atoms with Crippen LogP contribution in [0.15, 0.2) is 6.20 Å². The molecule has 1 aromatic heterocycles. The summed E-state index contributed by atoms with van der Waals surface area (Å²) in [7, 11) is 4.18. The van der Waals surface area contributed by atoms with Crippen LogP contribution in [0.4, 0.5) is 5.95 Å². The first kappa shape index (κ1) is 12.0. The van der Waals surface area contributed by atoms with Crippen molar-refractivity contribution in [3.63, 3.8) is 0 Å². The number of aromatic amines is 1. The first-order chi connectivity index (χ1) is 6.99. The molecule has 0 aromatic carbocycles. The fourth-order valence-electron chi connectivity index (χ4n) is 1.48. The second-order valence-corrected chi connectivity index (χ2v) is 4.67. The van der Waals surface area contributed by atoms with E-state index in [0.29, 0.717) is 12.0 Å². The first-order valence-corrected chi connectivity index (χ1v) is 5.42. The van der Waals surface area contributed by atoms with Crippen LogP contribution in [-0.4, -0.2) is 41.5 Å². The quantitative estimate of drug-likeness (QED) is 0.777. The van der Waals surface area contributed by atoms with Crippen molar-refractivity contribution in [2.45, 2.75) is 26.8 Å². The molecule has 1 unspecified atom stereocenters. The molecule has 1 aromatic rings. The molecule has 0 radical (unpaired) electrons. The molecule has 1 rings (SSSR count). The van der Waals surface area contributed by atoms with Gasteiger partial charge in [-0.1, -0.05) is 13.8 Å². The number of anilines is 1. The Morgan fingerprint density at radius 1 is 1.47 bits per heavy atom. The van der Waals surface area contributed by atoms with E-state index >= 15 is 0 Å². The smallest absolute Gasteiger partial charge is 0.200 e. The van der Waals surface area contributed by atoms with Gasteiger partial charge in [0, 0.05) is 24.5 Å². The van der Waals surface area contributed by atoms with E-state index in [0.717, 1.165) is 18.2 Å². The average molecular weight is 210 g/mol. The fraction of sp³-hybridized carbons (Fsp3) is 0.727. The monoisotopic (exact) mass is 210 g/mol. The molecular formula is C11H22N4. The highest BCUT2D eigenvalue weighted by Gasteiger charge is 2.14. The summed E-state index contributed by atoms with van der Waals surface area (Å²) in [4.78, 5) is 9.64. The predicted molar refractivity (Wildman–Crippen MR) is 64.1 cm³/mol. The van der Waals surface area contributed by atoms with Gasteiger partial charge in [0.15, 0.2) is 0 Å². The van der Waals surface area contributed by atoms with Crippen LogP contribution in [0.3, 0.4) is 0 Å². The Labute approximate surface area is 92.1 Å². The lowest BCUT2D eigenvalue weighted by Crippen LogP contribution is -2.36. The lowest BCUT2D eigenvalue weighted by molar-refractivity contribution is 0.344. The van der Waals surface area contributed by atoms with E-state index in [-0.39, 0.29) is 0 Å². The molecule has 0 saturated carbocycles. The van der Waals surface area contributed by atoms with Gasteiger partial charge in [-0.3, -0.25) is 0 Å². The molecule has 2 N–H and O–H groups in total. The first-order valence-electron chi connectivity index (χ1n) is 5.42. The number of rotatable bonds is 5. The maximum absolute atomic E-state index is 4.26. The number of imidazole rings is 1. The van der Waals surface area contributed by atoms with Gasteiger partial charge in [0.25, 0.3) is 0 Å². The molecule has 0 aliphatic carbocycles. The topological polar surface area (TPSA) is 44.0 Å². The Kier molecular flexibility index (Phi) is 4.15. The summed E-state index contributed by atoms with van der Waals surface area (Å²) in [6.45, 7) is 7.46. The van der Waals surface area contributed by atoms with Crippen molar-refractivity contribution in [1.82, 2.24) is 14.9 Å². The number of hydrogen-bond acceptors (Lipinski definition) is 3. The summed E-state index contributed by atoms with van der Waals surface area (Å²) in [5, 5.41) is 3.42. The molecule has 1 heterocycles. The highest BCUT2D eigenvalue weighted by Crippen LogP contribution is 2.10. The molecule has 0 fully saturated rings. The van der Waals surface area contributed by atoms with E-state index in [2.05, 4.69) is 48.1 Å². The van der Waals surface area contributed by atoms with Gasteiger partial charge >= 0.3 is 0 Å². The Balaban J connectivity index is 2.58. The molecule has 0 bridgehead atoms. The third-order valence-corrected chi connectivity index (χ3v) is 2.39. The minimum absolute atomic E-state index is 0.422. The zero-order valence-electron chi connectivity index (χ0n) is 10.3. The molecular weight excluding hydrogens is 188 g/mol. The van der Waals surface area contributed by atoms with Gasteiger partial charge in [0.05, 0.1) is 0 Å². The highest BCUT2D eigenvalue weighted by molar-refractivity contribution is 5.27. The lowest BCUT2D eigenvalue weighted by atomic mass is 10.0. The van der Waals surface area contributed by atoms with Gasteiger partial charge in [-0.15, -0.1) is 0 Å². The summed E-state index contributed by atoms with van der Waals surface area (Å²) < 4.78 is 0. The van der Waals surface area contributed by atoms with Crippen LogP contribution in [0.5, 0.6) is 0 Å². The van der Waals surface area contributed by atoms with Gasteiger partial charge in [-0.05, 0) is 26.9 Å². The summed E-state index contributed by atoms with van der Waals surface area (Å²) in [6.07, 6.45) is 1.84. The number of hydrogen-bond donors (Lipinski definition) is 2. The molecule has 4 heteroatoms. The molecule has 0 amide bonds. The fourth-order valence-corrected chi connectivity index (χ4v) is 1.48. The van der Waals surface area contributed by atoms with Crippen molar-refractivity contribution in [2.75, 3.05) is 26.0 Å². The zero-order valence-corrected chi connectivity index (χ0v) is 10.3. The molecule has 86 valence electrons. The maximum Gasteiger partial charge on any atom is 0.200 e. The summed E-state index contributed by atoms with van der Waals surface area (Å²) in [5.74, 6) is 1.45. The second kappa shape index (κ2) is 5.16. The van der Waals surface area contributed by atoms with Gasteiger partial charge in [0.2, 0.25) is 5.95 Å². The van der Waals surface area contributed by atoms with Crippen molar-refractivity contribution in [3.8, 4) is 0 Å². The van der Waals surface area contributed by atoms with Crippen LogP contribution in [0.2, 0.25) is 0 Å². The maximum atomic E-state index is 4.26. The van der Waals surface area contributed by atoms with Crippen LogP contribution >= 0.6 is 0 Å². The van der Waals surface area contributed by atoms with Crippen LogP contribution in [0.1, 0.15) is 19.5 Å².